The highest BCUT2D eigenvalue weighted by atomic mass is 32.2. The molecule has 0 spiro atoms. The zero-order valence-electron chi connectivity index (χ0n) is 29.9. The molecule has 2 aromatic heterocycles. The first-order chi connectivity index (χ1) is 25.9. The molecule has 7 atom stereocenters. The number of fused-ring (bicyclic) bond motifs is 1. The molecule has 1 aliphatic heterocycles. The number of aliphatic hydroxyl groups is 2. The minimum Gasteiger partial charge on any atom is -0.386 e. The summed E-state index contributed by atoms with van der Waals surface area (Å²) in [4.78, 5) is 87.4. The van der Waals surface area contributed by atoms with E-state index in [1.54, 1.807) is 6.08 Å². The topological polar surface area (TPSA) is 364 Å². The maximum Gasteiger partial charge on any atom is 0.481 e. The quantitative estimate of drug-likeness (QED) is 0.0447. The molecule has 2 aliphatic rings. The van der Waals surface area contributed by atoms with Crippen molar-refractivity contribution in [1.29, 1.82) is 0 Å². The fourth-order valence-corrected chi connectivity index (χ4v) is 8.30. The Morgan fingerprint density at radius 1 is 1.12 bits per heavy atom. The van der Waals surface area contributed by atoms with Crippen molar-refractivity contribution in [2.75, 3.05) is 37.8 Å². The van der Waals surface area contributed by atoms with E-state index in [9.17, 15) is 57.9 Å². The first-order valence-corrected chi connectivity index (χ1v) is 22.0. The van der Waals surface area contributed by atoms with Crippen LogP contribution in [0.1, 0.15) is 39.3 Å². The lowest BCUT2D eigenvalue weighted by molar-refractivity contribution is -0.137. The number of nitrogens with zero attached hydrogens (tertiary/aromatic N) is 4. The van der Waals surface area contributed by atoms with E-state index in [2.05, 4.69) is 41.3 Å². The number of anilines is 1. The minimum absolute atomic E-state index is 0.0298. The van der Waals surface area contributed by atoms with Crippen molar-refractivity contribution < 1.29 is 80.5 Å². The van der Waals surface area contributed by atoms with Crippen molar-refractivity contribution >= 4 is 69.1 Å². The van der Waals surface area contributed by atoms with E-state index in [0.717, 1.165) is 41.8 Å². The van der Waals surface area contributed by atoms with E-state index >= 15 is 0 Å². The summed E-state index contributed by atoms with van der Waals surface area (Å²) in [5.74, 6) is -1.14. The van der Waals surface area contributed by atoms with Crippen LogP contribution in [0, 0.1) is 17.8 Å². The molecule has 2 fully saturated rings. The number of imidazole rings is 1. The van der Waals surface area contributed by atoms with Crippen molar-refractivity contribution in [3.05, 3.63) is 31.7 Å². The highest BCUT2D eigenvalue weighted by Gasteiger charge is 2.50. The molecule has 4 rings (SSSR count). The average molecular weight is 875 g/mol. The average Bonchev–Trinajstić information content (AvgIpc) is 3.55. The van der Waals surface area contributed by atoms with Gasteiger partial charge in [0, 0.05) is 30.7 Å². The van der Waals surface area contributed by atoms with Crippen molar-refractivity contribution in [3.8, 4) is 0 Å². The number of carbonyl (C=O) groups is 3. The van der Waals surface area contributed by atoms with Gasteiger partial charge < -0.3 is 50.9 Å². The fraction of sp³-hybridized carbons (Fsp3) is 0.607. The number of nitrogens with two attached hydrogens (primary N) is 1. The van der Waals surface area contributed by atoms with Crippen LogP contribution >= 0.6 is 35.2 Å². The Hall–Kier alpha value is -2.70. The highest BCUT2D eigenvalue weighted by Crippen LogP contribution is 2.61. The smallest absolute Gasteiger partial charge is 0.386 e. The molecule has 56 heavy (non-hydrogen) atoms. The molecule has 1 saturated heterocycles. The van der Waals surface area contributed by atoms with E-state index in [0.29, 0.717) is 5.75 Å². The zero-order chi connectivity index (χ0) is 41.7. The number of allylic oxidation sites excluding steroid dienone is 1. The summed E-state index contributed by atoms with van der Waals surface area (Å²) in [5, 5.41) is 26.2. The number of amides is 2. The second-order valence-electron chi connectivity index (χ2n) is 13.4. The van der Waals surface area contributed by atoms with Gasteiger partial charge in [-0.1, -0.05) is 31.7 Å². The number of aliphatic hydroxyl groups excluding tert-OH is 2. The normalized spacial score (nSPS) is 23.7. The molecule has 24 nitrogen and oxygen atoms in total. The third-order valence-corrected chi connectivity index (χ3v) is 12.1. The molecular formula is C28H43N7O17P3S. The van der Waals surface area contributed by atoms with Crippen molar-refractivity contribution in [1.82, 2.24) is 30.2 Å². The van der Waals surface area contributed by atoms with Gasteiger partial charge in [-0.2, -0.15) is 4.31 Å². The predicted octanol–water partition coefficient (Wildman–Crippen LogP) is -0.165. The monoisotopic (exact) mass is 874 g/mol. The summed E-state index contributed by atoms with van der Waals surface area (Å²) in [6.45, 7) is 4.44. The minimum atomic E-state index is -5.57. The van der Waals surface area contributed by atoms with E-state index in [1.165, 1.54) is 19.9 Å². The number of phosphoric acid groups is 3. The Morgan fingerprint density at radius 2 is 1.80 bits per heavy atom. The molecule has 0 bridgehead atoms. The maximum atomic E-state index is 12.7. The summed E-state index contributed by atoms with van der Waals surface area (Å²) in [7, 11) is -16.4. The van der Waals surface area contributed by atoms with Gasteiger partial charge in [-0.3, -0.25) is 32.5 Å². The third-order valence-electron chi connectivity index (χ3n) is 8.21. The van der Waals surface area contributed by atoms with E-state index in [1.807, 2.05) is 0 Å². The van der Waals surface area contributed by atoms with Gasteiger partial charge in [-0.15, -0.1) is 0 Å². The largest absolute Gasteiger partial charge is 0.481 e. The van der Waals surface area contributed by atoms with E-state index < -0.39 is 84.6 Å². The van der Waals surface area contributed by atoms with Gasteiger partial charge in [0.2, 0.25) is 16.9 Å². The lowest BCUT2D eigenvalue weighted by Gasteiger charge is -2.30. The van der Waals surface area contributed by atoms with Gasteiger partial charge in [-0.25, -0.2) is 28.6 Å². The number of nitrogens with one attached hydrogen (secondary N) is 2. The van der Waals surface area contributed by atoms with Crippen molar-refractivity contribution in [2.45, 2.75) is 63.8 Å². The van der Waals surface area contributed by atoms with Gasteiger partial charge in [0.25, 0.3) is 0 Å². The van der Waals surface area contributed by atoms with Crippen LogP contribution in [0.5, 0.6) is 0 Å². The SMILES string of the molecule is [CH2]C1(/C=C/C(=O)SCCNC(=O)CCNC(=O)C(O)C(C)(C)COP(=O)(O)OP(=O)(O)OC[C@H]2O[C@@H](n3cnc4c(N)ncnc43)[C@H](O)[C@@H]2OP(=O)(O)O)CC1. The molecule has 2 amide bonds. The second kappa shape index (κ2) is 18.5. The third kappa shape index (κ3) is 13.4. The zero-order valence-corrected chi connectivity index (χ0v) is 33.3. The molecule has 3 unspecified atom stereocenters. The molecule has 10 N–H and O–H groups in total. The number of carbonyl (C=O) groups excluding carboxylic acids is 3. The van der Waals surface area contributed by atoms with E-state index in [-0.39, 0.29) is 47.0 Å². The maximum absolute atomic E-state index is 12.7. The van der Waals surface area contributed by atoms with Crippen LogP contribution in [0.25, 0.3) is 11.2 Å². The summed E-state index contributed by atoms with van der Waals surface area (Å²) in [6, 6.07) is 0. The number of hydrogen-bond acceptors (Lipinski definition) is 18. The Bertz CT molecular complexity index is 1930. The van der Waals surface area contributed by atoms with Crippen LogP contribution < -0.4 is 16.4 Å². The number of thioether (sulfide) groups is 1. The molecule has 313 valence electrons. The van der Waals surface area contributed by atoms with Crippen LogP contribution in [0.2, 0.25) is 0 Å². The highest BCUT2D eigenvalue weighted by molar-refractivity contribution is 8.14. The lowest BCUT2D eigenvalue weighted by Crippen LogP contribution is -2.46. The number of hydrogen-bond donors (Lipinski definition) is 9. The molecule has 28 heteroatoms. The van der Waals surface area contributed by atoms with Crippen LogP contribution in [-0.2, 0) is 50.7 Å². The molecular weight excluding hydrogens is 831 g/mol. The number of rotatable bonds is 21. The molecule has 1 saturated carbocycles. The number of nitrogen functional groups attached to an aromatic ring is 1. The standard InChI is InChI=1S/C28H43N7O17P3S/c1-27(2,22(39)25(40)31-9-5-17(36)30-10-11-56-18(37)4-6-28(3)7-8-28)13-49-55(46,47)52-54(44,45)48-12-16-21(51-53(41,42)43)20(38)26(50-16)35-15-34-19-23(29)32-14-33-24(19)35/h4,6,14-16,20-22,26,38-39H,3,5,7-13H2,1-2H3,(H,30,36)(H,31,40)(H,44,45)(H,46,47)(H2,29,32,33)(H2,41,42,43)/b6-4+/t16-,20-,21-,22?,26-/m1/s1. The van der Waals surface area contributed by atoms with Crippen LogP contribution in [0.15, 0.2) is 24.8 Å². The molecule has 1 radical (unpaired) electrons. The van der Waals surface area contributed by atoms with Gasteiger partial charge in [0.05, 0.1) is 19.5 Å². The number of phosphoric ester groups is 3. The Morgan fingerprint density at radius 3 is 2.46 bits per heavy atom. The Labute approximate surface area is 323 Å². The summed E-state index contributed by atoms with van der Waals surface area (Å²) < 4.78 is 62.1. The van der Waals surface area contributed by atoms with Gasteiger partial charge in [0.1, 0.15) is 36.3 Å². The predicted molar refractivity (Wildman–Crippen MR) is 193 cm³/mol. The molecule has 3 heterocycles. The van der Waals surface area contributed by atoms with E-state index in [4.69, 9.17) is 19.5 Å². The fourth-order valence-electron chi connectivity index (χ4n) is 4.90. The molecule has 0 aromatic carbocycles. The summed E-state index contributed by atoms with van der Waals surface area (Å²) >= 11 is 1.02. The van der Waals surface area contributed by atoms with Crippen LogP contribution in [-0.4, -0.2) is 123 Å². The number of aromatic nitrogens is 4. The number of ether oxygens (including phenoxy) is 1. The van der Waals surface area contributed by atoms with Gasteiger partial charge >= 0.3 is 23.5 Å². The summed E-state index contributed by atoms with van der Waals surface area (Å²) in [6.07, 6.45) is -1.82. The first kappa shape index (κ1) is 46.0. The van der Waals surface area contributed by atoms with Gasteiger partial charge in [-0.05, 0) is 31.3 Å². The molecule has 1 aliphatic carbocycles. The lowest BCUT2D eigenvalue weighted by atomic mass is 9.87. The molecule has 2 aromatic rings. The Kier molecular flexibility index (Phi) is 15.2. The van der Waals surface area contributed by atoms with Crippen molar-refractivity contribution in [2.24, 2.45) is 10.8 Å². The van der Waals surface area contributed by atoms with Crippen LogP contribution in [0.4, 0.5) is 5.82 Å². The summed E-state index contributed by atoms with van der Waals surface area (Å²) in [5.41, 5.74) is 4.11. The second-order valence-corrected chi connectivity index (χ2v) is 18.8. The Balaban J connectivity index is 1.22. The van der Waals surface area contributed by atoms with Crippen molar-refractivity contribution in [3.63, 3.8) is 0 Å². The van der Waals surface area contributed by atoms with Gasteiger partial charge in [0.15, 0.2) is 17.7 Å². The van der Waals surface area contributed by atoms with Crippen LogP contribution in [0.3, 0.4) is 0 Å². The first-order valence-electron chi connectivity index (χ1n) is 16.5.